The van der Waals surface area contributed by atoms with Crippen molar-refractivity contribution in [2.45, 2.75) is 44.9 Å². The number of hydrogen-bond acceptors (Lipinski definition) is 4. The molecule has 0 radical (unpaired) electrons. The number of aliphatic hydroxyl groups excluding tert-OH is 1. The van der Waals surface area contributed by atoms with Crippen molar-refractivity contribution in [1.82, 2.24) is 4.90 Å². The van der Waals surface area contributed by atoms with E-state index in [-0.39, 0.29) is 13.0 Å². The summed E-state index contributed by atoms with van der Waals surface area (Å²) in [6.45, 7) is 5.28. The van der Waals surface area contributed by atoms with Gasteiger partial charge in [0.15, 0.2) is 0 Å². The molecule has 0 aromatic carbocycles. The first-order chi connectivity index (χ1) is 7.20. The number of likely N-dealkylation sites (tertiary alicyclic amines) is 1. The van der Waals surface area contributed by atoms with Crippen molar-refractivity contribution in [1.29, 1.82) is 0 Å². The van der Waals surface area contributed by atoms with E-state index in [0.717, 1.165) is 0 Å². The molecular formula is C10H18N2O4. The van der Waals surface area contributed by atoms with Crippen LogP contribution in [0.15, 0.2) is 0 Å². The predicted molar refractivity (Wildman–Crippen MR) is 56.5 cm³/mol. The third kappa shape index (κ3) is 3.10. The Kier molecular flexibility index (Phi) is 3.42. The number of carbonyl (C=O) groups is 2. The first kappa shape index (κ1) is 12.8. The van der Waals surface area contributed by atoms with Crippen molar-refractivity contribution >= 4 is 12.0 Å². The van der Waals surface area contributed by atoms with Crippen molar-refractivity contribution in [2.24, 2.45) is 5.73 Å². The minimum atomic E-state index is -0.773. The van der Waals surface area contributed by atoms with E-state index in [0.29, 0.717) is 0 Å². The maximum atomic E-state index is 11.7. The molecule has 1 heterocycles. The Morgan fingerprint density at radius 3 is 2.44 bits per heavy atom. The highest BCUT2D eigenvalue weighted by Gasteiger charge is 2.39. The van der Waals surface area contributed by atoms with Gasteiger partial charge in [-0.2, -0.15) is 0 Å². The van der Waals surface area contributed by atoms with E-state index in [2.05, 4.69) is 0 Å². The Labute approximate surface area is 94.3 Å². The van der Waals surface area contributed by atoms with Gasteiger partial charge in [0, 0.05) is 6.42 Å². The Balaban J connectivity index is 2.71. The van der Waals surface area contributed by atoms with Gasteiger partial charge in [-0.3, -0.25) is 9.69 Å². The number of primary amides is 1. The number of β-amino-alcohol motifs (C(OH)–C–C–N with tert-alkyl or cyclic N) is 1. The highest BCUT2D eigenvalue weighted by molar-refractivity contribution is 5.85. The number of nitrogens with zero attached hydrogens (tertiary/aromatic N) is 1. The molecule has 2 amide bonds. The van der Waals surface area contributed by atoms with Crippen LogP contribution in [0.3, 0.4) is 0 Å². The zero-order valence-electron chi connectivity index (χ0n) is 9.77. The molecule has 92 valence electrons. The summed E-state index contributed by atoms with van der Waals surface area (Å²) < 4.78 is 5.12. The largest absolute Gasteiger partial charge is 0.444 e. The highest BCUT2D eigenvalue weighted by atomic mass is 16.6. The fourth-order valence-corrected chi connectivity index (χ4v) is 1.61. The molecule has 3 N–H and O–H groups in total. The SMILES string of the molecule is CC(C)(C)OC(=O)N1C[C@@H](O)C[C@@H]1C(N)=O. The van der Waals surface area contributed by atoms with E-state index < -0.39 is 29.7 Å². The standard InChI is InChI=1S/C10H18N2O4/c1-10(2,3)16-9(15)12-5-6(13)4-7(12)8(11)14/h6-7,13H,4-5H2,1-3H3,(H2,11,14)/t6-,7+/m0/s1. The van der Waals surface area contributed by atoms with Crippen LogP contribution >= 0.6 is 0 Å². The maximum absolute atomic E-state index is 11.7. The number of hydrogen-bond donors (Lipinski definition) is 2. The zero-order valence-corrected chi connectivity index (χ0v) is 9.77. The topological polar surface area (TPSA) is 92.9 Å². The minimum absolute atomic E-state index is 0.0858. The zero-order chi connectivity index (χ0) is 12.5. The fourth-order valence-electron chi connectivity index (χ4n) is 1.61. The second kappa shape index (κ2) is 4.29. The summed E-state index contributed by atoms with van der Waals surface area (Å²) in [5.41, 5.74) is 4.52. The first-order valence-corrected chi connectivity index (χ1v) is 5.17. The molecule has 16 heavy (non-hydrogen) atoms. The van der Waals surface area contributed by atoms with Gasteiger partial charge >= 0.3 is 6.09 Å². The Morgan fingerprint density at radius 1 is 1.44 bits per heavy atom. The quantitative estimate of drug-likeness (QED) is 0.654. The van der Waals surface area contributed by atoms with Gasteiger partial charge in [0.25, 0.3) is 0 Å². The summed E-state index contributed by atoms with van der Waals surface area (Å²) in [7, 11) is 0. The lowest BCUT2D eigenvalue weighted by atomic mass is 10.2. The monoisotopic (exact) mass is 230 g/mol. The van der Waals surface area contributed by atoms with Gasteiger partial charge in [-0.15, -0.1) is 0 Å². The molecule has 0 unspecified atom stereocenters. The lowest BCUT2D eigenvalue weighted by molar-refractivity contribution is -0.122. The van der Waals surface area contributed by atoms with Gasteiger partial charge < -0.3 is 15.6 Å². The van der Waals surface area contributed by atoms with Crippen LogP contribution in [-0.2, 0) is 9.53 Å². The van der Waals surface area contributed by atoms with Gasteiger partial charge in [0.05, 0.1) is 12.6 Å². The van der Waals surface area contributed by atoms with Crippen molar-refractivity contribution in [3.63, 3.8) is 0 Å². The van der Waals surface area contributed by atoms with E-state index in [9.17, 15) is 14.7 Å². The van der Waals surface area contributed by atoms with Crippen molar-refractivity contribution in [3.8, 4) is 0 Å². The maximum Gasteiger partial charge on any atom is 0.411 e. The molecule has 2 atom stereocenters. The van der Waals surface area contributed by atoms with Crippen LogP contribution in [0, 0.1) is 0 Å². The van der Waals surface area contributed by atoms with Crippen molar-refractivity contribution in [3.05, 3.63) is 0 Å². The smallest absolute Gasteiger partial charge is 0.411 e. The molecule has 0 aliphatic carbocycles. The van der Waals surface area contributed by atoms with Crippen LogP contribution in [0.4, 0.5) is 4.79 Å². The Hall–Kier alpha value is -1.30. The number of carbonyl (C=O) groups excluding carboxylic acids is 2. The van der Waals surface area contributed by atoms with Gasteiger partial charge in [0.1, 0.15) is 11.6 Å². The lowest BCUT2D eigenvalue weighted by Gasteiger charge is -2.26. The number of aliphatic hydroxyl groups is 1. The number of nitrogens with two attached hydrogens (primary N) is 1. The van der Waals surface area contributed by atoms with E-state index in [1.807, 2.05) is 0 Å². The molecular weight excluding hydrogens is 212 g/mol. The van der Waals surface area contributed by atoms with Crippen LogP contribution in [0.1, 0.15) is 27.2 Å². The molecule has 6 heteroatoms. The summed E-state index contributed by atoms with van der Waals surface area (Å²) in [5, 5.41) is 9.41. The molecule has 1 fully saturated rings. The number of rotatable bonds is 1. The van der Waals surface area contributed by atoms with Gasteiger partial charge in [-0.25, -0.2) is 4.79 Å². The van der Waals surface area contributed by atoms with Crippen LogP contribution in [0.2, 0.25) is 0 Å². The summed E-state index contributed by atoms with van der Waals surface area (Å²) in [5.74, 6) is -0.623. The van der Waals surface area contributed by atoms with E-state index in [1.165, 1.54) is 4.90 Å². The highest BCUT2D eigenvalue weighted by Crippen LogP contribution is 2.20. The van der Waals surface area contributed by atoms with Gasteiger partial charge in [-0.1, -0.05) is 0 Å². The molecule has 1 aliphatic heterocycles. The molecule has 0 aromatic rings. The molecule has 0 spiro atoms. The lowest BCUT2D eigenvalue weighted by Crippen LogP contribution is -2.45. The second-order valence-corrected chi connectivity index (χ2v) is 4.94. The van der Waals surface area contributed by atoms with Crippen LogP contribution in [0.25, 0.3) is 0 Å². The van der Waals surface area contributed by atoms with E-state index >= 15 is 0 Å². The average Bonchev–Trinajstić information content (AvgIpc) is 2.44. The third-order valence-electron chi connectivity index (χ3n) is 2.24. The van der Waals surface area contributed by atoms with E-state index in [4.69, 9.17) is 10.5 Å². The average molecular weight is 230 g/mol. The molecule has 6 nitrogen and oxygen atoms in total. The minimum Gasteiger partial charge on any atom is -0.444 e. The van der Waals surface area contributed by atoms with Gasteiger partial charge in [0.2, 0.25) is 5.91 Å². The fraction of sp³-hybridized carbons (Fsp3) is 0.800. The number of ether oxygens (including phenoxy) is 1. The summed E-state index contributed by atoms with van der Waals surface area (Å²) >= 11 is 0. The third-order valence-corrected chi connectivity index (χ3v) is 2.24. The van der Waals surface area contributed by atoms with Crippen LogP contribution < -0.4 is 5.73 Å². The molecule has 1 saturated heterocycles. The summed E-state index contributed by atoms with van der Waals surface area (Å²) in [6.07, 6.45) is -1.16. The molecule has 1 rings (SSSR count). The first-order valence-electron chi connectivity index (χ1n) is 5.17. The van der Waals surface area contributed by atoms with Crippen LogP contribution in [0.5, 0.6) is 0 Å². The number of amides is 2. The normalized spacial score (nSPS) is 25.6. The second-order valence-electron chi connectivity index (χ2n) is 4.94. The Bertz CT molecular complexity index is 298. The van der Waals surface area contributed by atoms with Crippen LogP contribution in [-0.4, -0.2) is 46.3 Å². The van der Waals surface area contributed by atoms with E-state index in [1.54, 1.807) is 20.8 Å². The van der Waals surface area contributed by atoms with Crippen molar-refractivity contribution < 1.29 is 19.4 Å². The van der Waals surface area contributed by atoms with Crippen molar-refractivity contribution in [2.75, 3.05) is 6.54 Å². The van der Waals surface area contributed by atoms with Gasteiger partial charge in [-0.05, 0) is 20.8 Å². The molecule has 0 saturated carbocycles. The molecule has 0 bridgehead atoms. The summed E-state index contributed by atoms with van der Waals surface area (Å²) in [6, 6.07) is -0.773. The molecule has 0 aromatic heterocycles. The Morgan fingerprint density at radius 2 is 2.00 bits per heavy atom. The predicted octanol–water partition coefficient (Wildman–Crippen LogP) is -0.158. The summed E-state index contributed by atoms with van der Waals surface area (Å²) in [4.78, 5) is 24.0. The molecule has 1 aliphatic rings.